The highest BCUT2D eigenvalue weighted by Crippen LogP contribution is 2.46. The second kappa shape index (κ2) is 12.0. The van der Waals surface area contributed by atoms with E-state index >= 15 is 0 Å². The van der Waals surface area contributed by atoms with Crippen LogP contribution in [0.1, 0.15) is 17.2 Å². The van der Waals surface area contributed by atoms with Crippen molar-refractivity contribution >= 4 is 27.8 Å². The molecule has 0 bridgehead atoms. The molecule has 8 aromatic rings. The Bertz CT molecular complexity index is 2700. The number of fused-ring (bicyclic) bond motifs is 6. The van der Waals surface area contributed by atoms with Crippen LogP contribution in [0.2, 0.25) is 0 Å². The number of aromatic nitrogens is 3. The summed E-state index contributed by atoms with van der Waals surface area (Å²) in [5.74, 6) is 3.15. The zero-order valence-corrected chi connectivity index (χ0v) is 27.6. The first kappa shape index (κ1) is 29.3. The van der Waals surface area contributed by atoms with Gasteiger partial charge in [0.1, 0.15) is 11.3 Å². The number of nitrogens with zero attached hydrogens (tertiary/aromatic N) is 3. The van der Waals surface area contributed by atoms with E-state index < -0.39 is 0 Å². The Morgan fingerprint density at radius 1 is 0.451 bits per heavy atom. The maximum Gasteiger partial charge on any atom is 0.167 e. The number of hydrogen-bond donors (Lipinski definition) is 0. The monoisotopic (exact) mass is 653 g/mol. The van der Waals surface area contributed by atoms with E-state index in [9.17, 15) is 0 Å². The molecule has 0 saturated carbocycles. The van der Waals surface area contributed by atoms with Crippen LogP contribution in [0, 0.1) is 5.92 Å². The minimum absolute atomic E-state index is 0.193. The van der Waals surface area contributed by atoms with Crippen LogP contribution >= 0.6 is 0 Å². The Balaban J connectivity index is 1.23. The molecule has 0 radical (unpaired) electrons. The van der Waals surface area contributed by atoms with Gasteiger partial charge >= 0.3 is 0 Å². The fourth-order valence-corrected chi connectivity index (χ4v) is 7.51. The third-order valence-electron chi connectivity index (χ3n) is 10.1. The normalized spacial score (nSPS) is 16.0. The first-order valence-electron chi connectivity index (χ1n) is 17.4. The van der Waals surface area contributed by atoms with Gasteiger partial charge < -0.3 is 4.42 Å². The van der Waals surface area contributed by atoms with Crippen LogP contribution in [-0.4, -0.2) is 15.0 Å². The predicted octanol–water partition coefficient (Wildman–Crippen LogP) is 12.0. The molecule has 4 heteroatoms. The van der Waals surface area contributed by atoms with Crippen LogP contribution in [-0.2, 0) is 0 Å². The van der Waals surface area contributed by atoms with Crippen molar-refractivity contribution in [3.8, 4) is 56.4 Å². The molecule has 6 aromatic carbocycles. The second-order valence-electron chi connectivity index (χ2n) is 13.2. The first-order valence-corrected chi connectivity index (χ1v) is 17.4. The number of furan rings is 1. The average Bonchev–Trinajstić information content (AvgIpc) is 3.60. The Hall–Kier alpha value is -6.65. The Labute approximate surface area is 295 Å². The van der Waals surface area contributed by atoms with E-state index in [1.54, 1.807) is 0 Å². The molecule has 2 unspecified atom stereocenters. The summed E-state index contributed by atoms with van der Waals surface area (Å²) < 4.78 is 6.80. The second-order valence-corrected chi connectivity index (χ2v) is 13.2. The quantitative estimate of drug-likeness (QED) is 0.185. The number of allylic oxidation sites excluding steroid dienone is 5. The van der Waals surface area contributed by atoms with E-state index in [1.807, 2.05) is 6.07 Å². The molecule has 240 valence electrons. The summed E-state index contributed by atoms with van der Waals surface area (Å²) in [5, 5.41) is 3.39. The summed E-state index contributed by atoms with van der Waals surface area (Å²) in [6, 6.07) is 48.6. The smallest absolute Gasteiger partial charge is 0.167 e. The zero-order chi connectivity index (χ0) is 33.7. The summed E-state index contributed by atoms with van der Waals surface area (Å²) in [7, 11) is 0. The van der Waals surface area contributed by atoms with Gasteiger partial charge in [0, 0.05) is 33.9 Å². The molecule has 0 N–H and O–H groups in total. The van der Waals surface area contributed by atoms with Gasteiger partial charge in [-0.15, -0.1) is 0 Å². The van der Waals surface area contributed by atoms with Crippen LogP contribution in [0.15, 0.2) is 174 Å². The van der Waals surface area contributed by atoms with Crippen LogP contribution in [0.4, 0.5) is 0 Å². The average molecular weight is 654 g/mol. The Kier molecular flexibility index (Phi) is 6.91. The molecule has 10 rings (SSSR count). The molecular weight excluding hydrogens is 623 g/mol. The van der Waals surface area contributed by atoms with Crippen molar-refractivity contribution < 1.29 is 4.42 Å². The summed E-state index contributed by atoms with van der Waals surface area (Å²) in [4.78, 5) is 15.6. The lowest BCUT2D eigenvalue weighted by Gasteiger charge is -2.24. The molecule has 0 spiro atoms. The van der Waals surface area contributed by atoms with E-state index in [0.29, 0.717) is 17.5 Å². The maximum absolute atomic E-state index is 6.80. The van der Waals surface area contributed by atoms with Gasteiger partial charge in [-0.2, -0.15) is 0 Å². The van der Waals surface area contributed by atoms with Gasteiger partial charge in [-0.05, 0) is 63.4 Å². The zero-order valence-electron chi connectivity index (χ0n) is 27.6. The SMILES string of the molecule is C1=CC2C=Cc3oc4c(-c5nc(-c6cccc(-c7ccccc7)c6)nc(-c6ccc7ccccc7c6)n5)cc(-c5ccccc5)cc4c3C2C=C1. The van der Waals surface area contributed by atoms with E-state index in [4.69, 9.17) is 19.4 Å². The summed E-state index contributed by atoms with van der Waals surface area (Å²) in [6.45, 7) is 0. The van der Waals surface area contributed by atoms with Crippen molar-refractivity contribution in [3.05, 3.63) is 181 Å². The van der Waals surface area contributed by atoms with Crippen molar-refractivity contribution in [1.82, 2.24) is 15.0 Å². The summed E-state index contributed by atoms with van der Waals surface area (Å²) >= 11 is 0. The topological polar surface area (TPSA) is 51.8 Å². The van der Waals surface area contributed by atoms with E-state index in [0.717, 1.165) is 61.1 Å². The van der Waals surface area contributed by atoms with Gasteiger partial charge in [-0.1, -0.05) is 146 Å². The van der Waals surface area contributed by atoms with Gasteiger partial charge in [0.25, 0.3) is 0 Å². The maximum atomic E-state index is 6.80. The molecule has 2 aliphatic rings. The summed E-state index contributed by atoms with van der Waals surface area (Å²) in [5.41, 5.74) is 9.12. The van der Waals surface area contributed by atoms with Gasteiger partial charge in [0.2, 0.25) is 0 Å². The molecule has 0 saturated heterocycles. The van der Waals surface area contributed by atoms with Gasteiger partial charge in [-0.25, -0.2) is 15.0 Å². The van der Waals surface area contributed by atoms with Gasteiger partial charge in [-0.3, -0.25) is 0 Å². The highest BCUT2D eigenvalue weighted by molar-refractivity contribution is 6.00. The van der Waals surface area contributed by atoms with E-state index in [2.05, 4.69) is 170 Å². The lowest BCUT2D eigenvalue weighted by atomic mass is 9.78. The van der Waals surface area contributed by atoms with Gasteiger partial charge in [0.05, 0.1) is 5.56 Å². The molecular formula is C47H31N3O. The number of benzene rings is 6. The largest absolute Gasteiger partial charge is 0.456 e. The van der Waals surface area contributed by atoms with E-state index in [1.165, 1.54) is 10.9 Å². The van der Waals surface area contributed by atoms with Crippen molar-refractivity contribution in [3.63, 3.8) is 0 Å². The third kappa shape index (κ3) is 5.20. The predicted molar refractivity (Wildman–Crippen MR) is 208 cm³/mol. The van der Waals surface area contributed by atoms with Crippen LogP contribution < -0.4 is 0 Å². The van der Waals surface area contributed by atoms with E-state index in [-0.39, 0.29) is 11.8 Å². The highest BCUT2D eigenvalue weighted by atomic mass is 16.3. The molecule has 0 fully saturated rings. The molecule has 2 heterocycles. The van der Waals surface area contributed by atoms with Crippen LogP contribution in [0.3, 0.4) is 0 Å². The standard InChI is InChI=1S/C47H31N3O/c1-3-12-30(13-4-1)35-19-11-20-36(26-35)45-48-46(37-23-22-32-16-7-8-18-34(32)27-37)50-47(49-45)41-29-38(31-14-5-2-6-15-31)28-40-43-39-21-10-9-17-33(39)24-25-42(43)51-44(40)41/h1-29,33,39H. The molecule has 2 aliphatic carbocycles. The number of rotatable bonds is 5. The number of hydrogen-bond acceptors (Lipinski definition) is 4. The molecule has 2 aromatic heterocycles. The minimum atomic E-state index is 0.193. The fourth-order valence-electron chi connectivity index (χ4n) is 7.51. The lowest BCUT2D eigenvalue weighted by molar-refractivity contribution is 0.578. The van der Waals surface area contributed by atoms with Crippen molar-refractivity contribution in [2.45, 2.75) is 5.92 Å². The Morgan fingerprint density at radius 3 is 1.90 bits per heavy atom. The summed E-state index contributed by atoms with van der Waals surface area (Å²) in [6.07, 6.45) is 13.2. The fraction of sp³-hybridized carbons (Fsp3) is 0.0426. The Morgan fingerprint density at radius 2 is 1.10 bits per heavy atom. The van der Waals surface area contributed by atoms with Crippen LogP contribution in [0.5, 0.6) is 0 Å². The minimum Gasteiger partial charge on any atom is -0.456 e. The highest BCUT2D eigenvalue weighted by Gasteiger charge is 2.31. The molecule has 51 heavy (non-hydrogen) atoms. The van der Waals surface area contributed by atoms with Crippen LogP contribution in [0.25, 0.3) is 84.2 Å². The molecule has 0 amide bonds. The van der Waals surface area contributed by atoms with Gasteiger partial charge in [0.15, 0.2) is 17.5 Å². The van der Waals surface area contributed by atoms with Crippen molar-refractivity contribution in [2.75, 3.05) is 0 Å². The third-order valence-corrected chi connectivity index (χ3v) is 10.1. The van der Waals surface area contributed by atoms with Crippen molar-refractivity contribution in [2.24, 2.45) is 5.92 Å². The molecule has 0 aliphatic heterocycles. The molecule has 2 atom stereocenters. The van der Waals surface area contributed by atoms with Crippen molar-refractivity contribution in [1.29, 1.82) is 0 Å². The molecule has 4 nitrogen and oxygen atoms in total. The first-order chi connectivity index (χ1) is 25.2. The lowest BCUT2D eigenvalue weighted by Crippen LogP contribution is -2.12.